The molecule has 70 valence electrons. The topological polar surface area (TPSA) is 55.8 Å². The summed E-state index contributed by atoms with van der Waals surface area (Å²) in [5.74, 6) is -1.25. The van der Waals surface area contributed by atoms with Crippen LogP contribution in [0.3, 0.4) is 0 Å². The molecule has 4 nitrogen and oxygen atoms in total. The number of methoxy groups -OCH3 is 1. The van der Waals surface area contributed by atoms with Gasteiger partial charge in [0.25, 0.3) is 0 Å². The Morgan fingerprint density at radius 1 is 1.46 bits per heavy atom. The summed E-state index contributed by atoms with van der Waals surface area (Å²) < 4.78 is 16.6. The minimum atomic E-state index is -1.15. The predicted molar refractivity (Wildman–Crippen MR) is 41.7 cm³/mol. The number of ether oxygens (including phenoxy) is 1. The molecule has 0 radical (unpaired) electrons. The zero-order valence-electron chi connectivity index (χ0n) is 6.78. The lowest BCUT2D eigenvalue weighted by Gasteiger charge is -2.03. The van der Waals surface area contributed by atoms with Crippen molar-refractivity contribution in [2.24, 2.45) is 0 Å². The molecule has 0 amide bonds. The maximum absolute atomic E-state index is 11.8. The van der Waals surface area contributed by atoms with Gasteiger partial charge in [0.2, 0.25) is 5.75 Å². The number of halogens is 1. The van der Waals surface area contributed by atoms with Gasteiger partial charge in [0, 0.05) is 10.6 Å². The van der Waals surface area contributed by atoms with Gasteiger partial charge in [-0.2, -0.15) is 0 Å². The van der Waals surface area contributed by atoms with Crippen molar-refractivity contribution >= 4 is 5.97 Å². The summed E-state index contributed by atoms with van der Waals surface area (Å²) in [5, 5.41) is 8.55. The van der Waals surface area contributed by atoms with Gasteiger partial charge in [-0.05, 0) is 12.1 Å². The number of carboxylic acids is 1. The molecule has 13 heavy (non-hydrogen) atoms. The van der Waals surface area contributed by atoms with Gasteiger partial charge in [-0.3, -0.25) is 4.94 Å². The van der Waals surface area contributed by atoms with E-state index in [2.05, 4.69) is 4.94 Å². The highest BCUT2D eigenvalue weighted by Crippen LogP contribution is 2.28. The summed E-state index contributed by atoms with van der Waals surface area (Å²) in [6, 6.07) is 3.66. The van der Waals surface area contributed by atoms with Crippen molar-refractivity contribution in [1.29, 1.82) is 0 Å². The standard InChI is InChI=1S/C8H7FO4/c1-12-6-3-2-5(8(10)11)4-7(6)13-9/h2-4H,1H3,(H,10,11). The van der Waals surface area contributed by atoms with Crippen LogP contribution in [0, 0.1) is 0 Å². The molecule has 0 aliphatic heterocycles. The number of hydrogen-bond acceptors (Lipinski definition) is 3. The van der Waals surface area contributed by atoms with E-state index in [0.717, 1.165) is 6.07 Å². The SMILES string of the molecule is COc1ccc(C(=O)O)cc1OF. The van der Waals surface area contributed by atoms with Crippen LogP contribution in [0.4, 0.5) is 4.53 Å². The van der Waals surface area contributed by atoms with Crippen LogP contribution in [0.1, 0.15) is 10.4 Å². The highest BCUT2D eigenvalue weighted by atomic mass is 19.3. The first-order valence-corrected chi connectivity index (χ1v) is 3.39. The minimum absolute atomic E-state index is 0.0616. The molecule has 0 aromatic heterocycles. The van der Waals surface area contributed by atoms with Gasteiger partial charge in [-0.15, -0.1) is 0 Å². The number of hydrogen-bond donors (Lipinski definition) is 1. The van der Waals surface area contributed by atoms with Gasteiger partial charge in [-0.1, -0.05) is 0 Å². The third-order valence-electron chi connectivity index (χ3n) is 1.49. The summed E-state index contributed by atoms with van der Waals surface area (Å²) in [6.45, 7) is 0. The second kappa shape index (κ2) is 3.75. The summed E-state index contributed by atoms with van der Waals surface area (Å²) in [6.07, 6.45) is 0. The van der Waals surface area contributed by atoms with Crippen molar-refractivity contribution in [3.8, 4) is 11.5 Å². The summed E-state index contributed by atoms with van der Waals surface area (Å²) in [4.78, 5) is 13.9. The highest BCUT2D eigenvalue weighted by molar-refractivity contribution is 5.88. The quantitative estimate of drug-likeness (QED) is 0.779. The highest BCUT2D eigenvalue weighted by Gasteiger charge is 2.10. The molecule has 0 atom stereocenters. The van der Waals surface area contributed by atoms with Crippen molar-refractivity contribution in [2.75, 3.05) is 7.11 Å². The average molecular weight is 186 g/mol. The zero-order chi connectivity index (χ0) is 9.84. The Hall–Kier alpha value is -1.78. The summed E-state index contributed by atoms with van der Waals surface area (Å²) in [5.41, 5.74) is -0.0616. The van der Waals surface area contributed by atoms with Crippen LogP contribution in [0.2, 0.25) is 0 Å². The number of aromatic carboxylic acids is 1. The Morgan fingerprint density at radius 2 is 2.15 bits per heavy atom. The fourth-order valence-electron chi connectivity index (χ4n) is 0.870. The Balaban J connectivity index is 3.13. The van der Waals surface area contributed by atoms with Crippen LogP contribution in [0.25, 0.3) is 0 Å². The monoisotopic (exact) mass is 186 g/mol. The molecule has 0 fully saturated rings. The van der Waals surface area contributed by atoms with E-state index in [1.54, 1.807) is 0 Å². The molecule has 0 spiro atoms. The molecule has 0 heterocycles. The van der Waals surface area contributed by atoms with Gasteiger partial charge in [0.15, 0.2) is 5.75 Å². The molecule has 1 N–H and O–H groups in total. The third kappa shape index (κ3) is 1.87. The second-order valence-corrected chi connectivity index (χ2v) is 2.25. The lowest BCUT2D eigenvalue weighted by Crippen LogP contribution is -1.97. The van der Waals surface area contributed by atoms with Gasteiger partial charge in [-0.25, -0.2) is 4.79 Å². The normalized spacial score (nSPS) is 9.38. The van der Waals surface area contributed by atoms with Crippen molar-refractivity contribution in [2.45, 2.75) is 0 Å². The Bertz CT molecular complexity index is 324. The second-order valence-electron chi connectivity index (χ2n) is 2.25. The van der Waals surface area contributed by atoms with Crippen LogP contribution < -0.4 is 9.68 Å². The first kappa shape index (κ1) is 9.31. The number of carboxylic acid groups (broad SMARTS) is 1. The number of rotatable bonds is 3. The molecule has 5 heteroatoms. The predicted octanol–water partition coefficient (Wildman–Crippen LogP) is 1.66. The van der Waals surface area contributed by atoms with E-state index in [9.17, 15) is 9.32 Å². The maximum Gasteiger partial charge on any atom is 0.335 e. The molecule has 0 saturated heterocycles. The molecule has 1 aromatic rings. The van der Waals surface area contributed by atoms with Crippen LogP contribution in [0.15, 0.2) is 18.2 Å². The summed E-state index contributed by atoms with van der Waals surface area (Å²) >= 11 is 0. The molecule has 0 bridgehead atoms. The molecular formula is C8H7FO4. The number of benzene rings is 1. The zero-order valence-corrected chi connectivity index (χ0v) is 6.78. The molecule has 1 aromatic carbocycles. The molecular weight excluding hydrogens is 179 g/mol. The fraction of sp³-hybridized carbons (Fsp3) is 0.125. The van der Waals surface area contributed by atoms with Crippen LogP contribution in [0.5, 0.6) is 11.5 Å². The molecule has 0 unspecified atom stereocenters. The third-order valence-corrected chi connectivity index (χ3v) is 1.49. The van der Waals surface area contributed by atoms with Crippen LogP contribution in [-0.4, -0.2) is 18.2 Å². The Labute approximate surface area is 73.4 Å². The summed E-state index contributed by atoms with van der Waals surface area (Å²) in [7, 11) is 1.33. The molecule has 0 aliphatic rings. The smallest absolute Gasteiger partial charge is 0.335 e. The van der Waals surface area contributed by atoms with Gasteiger partial charge in [0.1, 0.15) is 0 Å². The van der Waals surface area contributed by atoms with E-state index in [4.69, 9.17) is 9.84 Å². The number of carbonyl (C=O) groups is 1. The van der Waals surface area contributed by atoms with Crippen molar-refractivity contribution in [1.82, 2.24) is 0 Å². The van der Waals surface area contributed by atoms with Gasteiger partial charge < -0.3 is 9.84 Å². The lowest BCUT2D eigenvalue weighted by molar-refractivity contribution is -0.00908. The van der Waals surface area contributed by atoms with Crippen LogP contribution >= 0.6 is 0 Å². The van der Waals surface area contributed by atoms with E-state index in [0.29, 0.717) is 0 Å². The van der Waals surface area contributed by atoms with Crippen molar-refractivity contribution < 1.29 is 24.1 Å². The average Bonchev–Trinajstić information content (AvgIpc) is 2.16. The van der Waals surface area contributed by atoms with Gasteiger partial charge >= 0.3 is 5.97 Å². The van der Waals surface area contributed by atoms with Crippen molar-refractivity contribution in [3.05, 3.63) is 23.8 Å². The minimum Gasteiger partial charge on any atom is -0.493 e. The van der Waals surface area contributed by atoms with Gasteiger partial charge in [0.05, 0.1) is 12.7 Å². The first-order chi connectivity index (χ1) is 6.19. The van der Waals surface area contributed by atoms with E-state index in [1.807, 2.05) is 0 Å². The van der Waals surface area contributed by atoms with Crippen molar-refractivity contribution in [3.63, 3.8) is 0 Å². The van der Waals surface area contributed by atoms with E-state index >= 15 is 0 Å². The van der Waals surface area contributed by atoms with E-state index < -0.39 is 5.97 Å². The molecule has 0 aliphatic carbocycles. The van der Waals surface area contributed by atoms with E-state index in [1.165, 1.54) is 19.2 Å². The lowest BCUT2D eigenvalue weighted by atomic mass is 10.2. The molecule has 0 saturated carbocycles. The van der Waals surface area contributed by atoms with E-state index in [-0.39, 0.29) is 17.1 Å². The Morgan fingerprint density at radius 3 is 2.62 bits per heavy atom. The fourth-order valence-corrected chi connectivity index (χ4v) is 0.870. The Kier molecular flexibility index (Phi) is 2.69. The first-order valence-electron chi connectivity index (χ1n) is 3.39. The van der Waals surface area contributed by atoms with Crippen LogP contribution in [-0.2, 0) is 0 Å². The maximum atomic E-state index is 11.8. The molecule has 1 rings (SSSR count). The largest absolute Gasteiger partial charge is 0.493 e.